The fourth-order valence-electron chi connectivity index (χ4n) is 7.60. The Morgan fingerprint density at radius 2 is 0.927 bits per heavy atom. The van der Waals surface area contributed by atoms with E-state index in [9.17, 15) is 0 Å². The summed E-state index contributed by atoms with van der Waals surface area (Å²) in [5, 5.41) is 7.65. The molecule has 9 rings (SSSR count). The lowest BCUT2D eigenvalue weighted by Crippen LogP contribution is -1.97. The predicted octanol–water partition coefficient (Wildman–Crippen LogP) is 13.8. The molecule has 262 valence electrons. The van der Waals surface area contributed by atoms with Gasteiger partial charge in [0.05, 0.1) is 11.4 Å². The van der Waals surface area contributed by atoms with Gasteiger partial charge in [-0.2, -0.15) is 0 Å². The minimum absolute atomic E-state index is 0.686. The molecule has 0 aliphatic rings. The fraction of sp³-hybridized carbons (Fsp3) is 0.0577. The summed E-state index contributed by atoms with van der Waals surface area (Å²) in [6.45, 7) is 4.84. The molecule has 0 bridgehead atoms. The van der Waals surface area contributed by atoms with Crippen LogP contribution in [0.15, 0.2) is 187 Å². The quantitative estimate of drug-likeness (QED) is 0.117. The van der Waals surface area contributed by atoms with Crippen molar-refractivity contribution >= 4 is 44.1 Å². The van der Waals surface area contributed by atoms with Gasteiger partial charge >= 0.3 is 0 Å². The van der Waals surface area contributed by atoms with E-state index in [4.69, 9.17) is 9.97 Å². The second kappa shape index (κ2) is 14.8. The van der Waals surface area contributed by atoms with Crippen molar-refractivity contribution in [1.82, 2.24) is 9.97 Å². The number of rotatable bonds is 8. The third kappa shape index (κ3) is 6.62. The van der Waals surface area contributed by atoms with E-state index in [0.29, 0.717) is 5.82 Å². The van der Waals surface area contributed by atoms with E-state index in [1.807, 2.05) is 19.2 Å². The largest absolute Gasteiger partial charge is 0.293 e. The molecule has 0 aliphatic carbocycles. The number of fused-ring (bicyclic) bond motifs is 6. The summed E-state index contributed by atoms with van der Waals surface area (Å²) in [6, 6.07) is 62.7. The molecule has 0 spiro atoms. The number of aliphatic imine (C=N–C) groups is 1. The number of benzene rings is 8. The fourth-order valence-corrected chi connectivity index (χ4v) is 7.60. The number of hydrogen-bond acceptors (Lipinski definition) is 3. The summed E-state index contributed by atoms with van der Waals surface area (Å²) >= 11 is 0. The number of nitrogens with zero attached hydrogens (tertiary/aromatic N) is 3. The van der Waals surface area contributed by atoms with Crippen molar-refractivity contribution in [3.8, 4) is 56.2 Å². The first-order chi connectivity index (χ1) is 27.2. The Morgan fingerprint density at radius 3 is 1.56 bits per heavy atom. The SMILES string of the molecule is C/C=C(\C=NCC)c1cccc(-c2cc(-c3ccc(-c4ccccc4)cc3)nc(-c3ccc(-c4ccc5c6ccccc6c6ccccc6c5c4)cc3)n2)c1. The average Bonchev–Trinajstić information content (AvgIpc) is 3.27. The topological polar surface area (TPSA) is 38.1 Å². The highest BCUT2D eigenvalue weighted by Crippen LogP contribution is 2.38. The minimum atomic E-state index is 0.686. The van der Waals surface area contributed by atoms with E-state index < -0.39 is 0 Å². The molecule has 0 unspecified atom stereocenters. The van der Waals surface area contributed by atoms with Gasteiger partial charge in [-0.25, -0.2) is 9.97 Å². The maximum absolute atomic E-state index is 5.20. The van der Waals surface area contributed by atoms with Crippen molar-refractivity contribution in [2.24, 2.45) is 4.99 Å². The third-order valence-electron chi connectivity index (χ3n) is 10.5. The van der Waals surface area contributed by atoms with Crippen LogP contribution in [0.2, 0.25) is 0 Å². The van der Waals surface area contributed by atoms with Crippen LogP contribution in [0.5, 0.6) is 0 Å². The van der Waals surface area contributed by atoms with Gasteiger partial charge in [0.25, 0.3) is 0 Å². The molecule has 9 aromatic rings. The lowest BCUT2D eigenvalue weighted by molar-refractivity contribution is 1.14. The summed E-state index contributed by atoms with van der Waals surface area (Å²) < 4.78 is 0. The van der Waals surface area contributed by atoms with Crippen molar-refractivity contribution in [2.75, 3.05) is 6.54 Å². The van der Waals surface area contributed by atoms with E-state index in [2.05, 4.69) is 188 Å². The normalized spacial score (nSPS) is 11.9. The van der Waals surface area contributed by atoms with E-state index in [0.717, 1.165) is 51.3 Å². The third-order valence-corrected chi connectivity index (χ3v) is 10.5. The second-order valence-corrected chi connectivity index (χ2v) is 13.8. The highest BCUT2D eigenvalue weighted by Gasteiger charge is 2.14. The van der Waals surface area contributed by atoms with Crippen molar-refractivity contribution < 1.29 is 0 Å². The molecule has 0 aliphatic heterocycles. The standard InChI is InChI=1S/C52H39N3/c1-3-35(34-53-4-2)41-15-12-16-43(31-41)51-33-50(39-25-21-37(22-26-39)36-13-6-5-7-14-36)54-52(55-51)40-27-23-38(24-28-40)42-29-30-48-46-19-9-8-17-44(46)45-18-10-11-20-47(45)49(48)32-42/h3,5-34H,4H2,1-2H3/b35-3+,53-34?. The second-order valence-electron chi connectivity index (χ2n) is 13.8. The van der Waals surface area contributed by atoms with Crippen molar-refractivity contribution in [2.45, 2.75) is 13.8 Å². The van der Waals surface area contributed by atoms with E-state index >= 15 is 0 Å². The zero-order valence-electron chi connectivity index (χ0n) is 30.9. The number of allylic oxidation sites excluding steroid dienone is 2. The van der Waals surface area contributed by atoms with E-state index in [1.165, 1.54) is 49.0 Å². The van der Waals surface area contributed by atoms with E-state index in [1.54, 1.807) is 0 Å². The number of aromatic nitrogens is 2. The van der Waals surface area contributed by atoms with Crippen LogP contribution < -0.4 is 0 Å². The molecule has 1 aromatic heterocycles. The molecule has 8 aromatic carbocycles. The molecule has 3 nitrogen and oxygen atoms in total. The van der Waals surface area contributed by atoms with Gasteiger partial charge in [0.15, 0.2) is 5.82 Å². The van der Waals surface area contributed by atoms with Gasteiger partial charge in [-0.05, 0) is 97.8 Å². The highest BCUT2D eigenvalue weighted by atomic mass is 14.9. The van der Waals surface area contributed by atoms with Crippen molar-refractivity contribution in [1.29, 1.82) is 0 Å². The predicted molar refractivity (Wildman–Crippen MR) is 234 cm³/mol. The molecule has 55 heavy (non-hydrogen) atoms. The molecule has 0 saturated carbocycles. The van der Waals surface area contributed by atoms with Crippen LogP contribution >= 0.6 is 0 Å². The van der Waals surface area contributed by atoms with Gasteiger partial charge < -0.3 is 0 Å². The van der Waals surface area contributed by atoms with Crippen LogP contribution in [-0.2, 0) is 0 Å². The molecule has 0 radical (unpaired) electrons. The van der Waals surface area contributed by atoms with Gasteiger partial charge in [-0.15, -0.1) is 0 Å². The Hall–Kier alpha value is -6.97. The van der Waals surface area contributed by atoms with Gasteiger partial charge in [-0.1, -0.05) is 164 Å². The Bertz CT molecular complexity index is 2850. The van der Waals surface area contributed by atoms with Crippen LogP contribution in [0.25, 0.3) is 94.0 Å². The minimum Gasteiger partial charge on any atom is -0.293 e. The zero-order valence-corrected chi connectivity index (χ0v) is 30.9. The summed E-state index contributed by atoms with van der Waals surface area (Å²) in [5.41, 5.74) is 11.7. The first kappa shape index (κ1) is 33.8. The molecule has 1 heterocycles. The van der Waals surface area contributed by atoms with Gasteiger partial charge in [0.2, 0.25) is 0 Å². The summed E-state index contributed by atoms with van der Waals surface area (Å²) in [6.07, 6.45) is 4.05. The average molecular weight is 706 g/mol. The molecule has 0 fully saturated rings. The summed E-state index contributed by atoms with van der Waals surface area (Å²) in [7, 11) is 0. The lowest BCUT2D eigenvalue weighted by Gasteiger charge is -2.13. The molecule has 3 heteroatoms. The van der Waals surface area contributed by atoms with Crippen LogP contribution in [0.1, 0.15) is 19.4 Å². The molecule has 0 N–H and O–H groups in total. The summed E-state index contributed by atoms with van der Waals surface area (Å²) in [5.74, 6) is 0.686. The van der Waals surface area contributed by atoms with Crippen LogP contribution in [-0.4, -0.2) is 22.7 Å². The van der Waals surface area contributed by atoms with Crippen LogP contribution in [0.4, 0.5) is 0 Å². The van der Waals surface area contributed by atoms with Crippen molar-refractivity contribution in [3.63, 3.8) is 0 Å². The van der Waals surface area contributed by atoms with Gasteiger partial charge in [0, 0.05) is 29.4 Å². The molecule has 0 atom stereocenters. The van der Waals surface area contributed by atoms with Crippen LogP contribution in [0.3, 0.4) is 0 Å². The zero-order chi connectivity index (χ0) is 37.1. The molecule has 0 amide bonds. The van der Waals surface area contributed by atoms with E-state index in [-0.39, 0.29) is 0 Å². The Labute approximate surface area is 322 Å². The number of hydrogen-bond donors (Lipinski definition) is 0. The molecular weight excluding hydrogens is 667 g/mol. The lowest BCUT2D eigenvalue weighted by atomic mass is 9.92. The Morgan fingerprint density at radius 1 is 0.436 bits per heavy atom. The monoisotopic (exact) mass is 705 g/mol. The van der Waals surface area contributed by atoms with Gasteiger partial charge in [0.1, 0.15) is 0 Å². The van der Waals surface area contributed by atoms with Gasteiger partial charge in [-0.3, -0.25) is 4.99 Å². The highest BCUT2D eigenvalue weighted by molar-refractivity contribution is 6.25. The summed E-state index contributed by atoms with van der Waals surface area (Å²) in [4.78, 5) is 14.9. The maximum Gasteiger partial charge on any atom is 0.160 e. The van der Waals surface area contributed by atoms with Crippen LogP contribution in [0, 0.1) is 0 Å². The molecule has 0 saturated heterocycles. The Kier molecular flexibility index (Phi) is 9.11. The first-order valence-electron chi connectivity index (χ1n) is 18.9. The molecular formula is C52H39N3. The van der Waals surface area contributed by atoms with Crippen molar-refractivity contribution in [3.05, 3.63) is 188 Å². The first-order valence-corrected chi connectivity index (χ1v) is 18.9. The maximum atomic E-state index is 5.20. The smallest absolute Gasteiger partial charge is 0.160 e. The Balaban J connectivity index is 1.13.